The summed E-state index contributed by atoms with van der Waals surface area (Å²) in [5, 5.41) is 0. The van der Waals surface area contributed by atoms with Crippen molar-refractivity contribution >= 4 is 27.5 Å². The topological polar surface area (TPSA) is 46.3 Å². The number of hydrogen-bond donors (Lipinski definition) is 1. The Labute approximate surface area is 131 Å². The molecule has 1 amide bonds. The van der Waals surface area contributed by atoms with Crippen LogP contribution in [0.5, 0.6) is 0 Å². The molecule has 3 nitrogen and oxygen atoms in total. The highest BCUT2D eigenvalue weighted by Crippen LogP contribution is 2.22. The van der Waals surface area contributed by atoms with E-state index in [1.54, 1.807) is 12.1 Å². The Hall–Kier alpha value is -1.88. The average molecular weight is 351 g/mol. The number of hydrogen-bond acceptors (Lipinski definition) is 2. The predicted molar refractivity (Wildman–Crippen MR) is 85.4 cm³/mol. The van der Waals surface area contributed by atoms with Gasteiger partial charge in [-0.25, -0.2) is 4.39 Å². The molecule has 2 aromatic carbocycles. The number of primary amides is 1. The summed E-state index contributed by atoms with van der Waals surface area (Å²) in [6, 6.07) is 14.1. The van der Waals surface area contributed by atoms with E-state index in [1.807, 2.05) is 29.2 Å². The molecule has 0 heterocycles. The van der Waals surface area contributed by atoms with Crippen molar-refractivity contribution in [2.24, 2.45) is 5.73 Å². The molecule has 0 unspecified atom stereocenters. The van der Waals surface area contributed by atoms with Crippen LogP contribution in [0.1, 0.15) is 12.0 Å². The normalized spacial score (nSPS) is 10.4. The van der Waals surface area contributed by atoms with Crippen molar-refractivity contribution < 1.29 is 9.18 Å². The molecule has 0 aliphatic carbocycles. The van der Waals surface area contributed by atoms with Crippen LogP contribution in [0.3, 0.4) is 0 Å². The van der Waals surface area contributed by atoms with Crippen molar-refractivity contribution in [1.82, 2.24) is 0 Å². The highest BCUT2D eigenvalue weighted by Gasteiger charge is 2.10. The SMILES string of the molecule is NC(=O)CCN(Cc1ccccc1Br)c1ccc(F)cc1. The smallest absolute Gasteiger partial charge is 0.219 e. The number of carbonyl (C=O) groups is 1. The molecule has 0 saturated carbocycles. The second-order valence-electron chi connectivity index (χ2n) is 4.71. The molecule has 2 rings (SSSR count). The fourth-order valence-electron chi connectivity index (χ4n) is 2.03. The Morgan fingerprint density at radius 3 is 2.43 bits per heavy atom. The molecule has 0 aliphatic heterocycles. The standard InChI is InChI=1S/C16H16BrFN2O/c17-15-4-2-1-3-12(15)11-20(10-9-16(19)21)14-7-5-13(18)6-8-14/h1-8H,9-11H2,(H2,19,21). The Kier molecular flexibility index (Phi) is 5.33. The molecule has 0 aromatic heterocycles. The molecule has 0 bridgehead atoms. The number of anilines is 1. The van der Waals surface area contributed by atoms with Crippen molar-refractivity contribution in [1.29, 1.82) is 0 Å². The molecule has 110 valence electrons. The van der Waals surface area contributed by atoms with Gasteiger partial charge in [0.05, 0.1) is 0 Å². The maximum atomic E-state index is 13.1. The Morgan fingerprint density at radius 2 is 1.81 bits per heavy atom. The Balaban J connectivity index is 2.21. The summed E-state index contributed by atoms with van der Waals surface area (Å²) in [7, 11) is 0. The van der Waals surface area contributed by atoms with Crippen LogP contribution in [0.25, 0.3) is 0 Å². The number of benzene rings is 2. The van der Waals surface area contributed by atoms with Crippen LogP contribution in [0.4, 0.5) is 10.1 Å². The Bertz CT molecular complexity index is 616. The predicted octanol–water partition coefficient (Wildman–Crippen LogP) is 3.47. The summed E-state index contributed by atoms with van der Waals surface area (Å²) in [5.41, 5.74) is 7.18. The van der Waals surface area contributed by atoms with E-state index in [0.717, 1.165) is 15.7 Å². The van der Waals surface area contributed by atoms with E-state index in [1.165, 1.54) is 12.1 Å². The molecular formula is C16H16BrFN2O. The van der Waals surface area contributed by atoms with E-state index in [2.05, 4.69) is 15.9 Å². The first-order chi connectivity index (χ1) is 10.1. The van der Waals surface area contributed by atoms with Gasteiger partial charge in [-0.15, -0.1) is 0 Å². The van der Waals surface area contributed by atoms with Gasteiger partial charge in [0.25, 0.3) is 0 Å². The molecule has 2 N–H and O–H groups in total. The van der Waals surface area contributed by atoms with Crippen LogP contribution in [-0.4, -0.2) is 12.5 Å². The van der Waals surface area contributed by atoms with Crippen LogP contribution in [0.15, 0.2) is 53.0 Å². The summed E-state index contributed by atoms with van der Waals surface area (Å²) < 4.78 is 14.1. The summed E-state index contributed by atoms with van der Waals surface area (Å²) >= 11 is 3.51. The summed E-state index contributed by atoms with van der Waals surface area (Å²) in [5.74, 6) is -0.635. The van der Waals surface area contributed by atoms with E-state index in [-0.39, 0.29) is 18.1 Å². The van der Waals surface area contributed by atoms with Crippen LogP contribution in [0, 0.1) is 5.82 Å². The van der Waals surface area contributed by atoms with Gasteiger partial charge >= 0.3 is 0 Å². The van der Waals surface area contributed by atoms with Gasteiger partial charge in [-0.1, -0.05) is 34.1 Å². The third-order valence-electron chi connectivity index (χ3n) is 3.14. The number of amides is 1. The number of carbonyl (C=O) groups excluding carboxylic acids is 1. The highest BCUT2D eigenvalue weighted by molar-refractivity contribution is 9.10. The van der Waals surface area contributed by atoms with Gasteiger partial charge in [0.1, 0.15) is 5.82 Å². The van der Waals surface area contributed by atoms with Gasteiger partial charge in [0.2, 0.25) is 5.91 Å². The van der Waals surface area contributed by atoms with Crippen molar-refractivity contribution in [2.45, 2.75) is 13.0 Å². The van der Waals surface area contributed by atoms with Crippen LogP contribution in [0.2, 0.25) is 0 Å². The molecule has 0 spiro atoms. The average Bonchev–Trinajstić information content (AvgIpc) is 2.46. The fourth-order valence-corrected chi connectivity index (χ4v) is 2.44. The number of nitrogens with two attached hydrogens (primary N) is 1. The van der Waals surface area contributed by atoms with E-state index in [9.17, 15) is 9.18 Å². The minimum atomic E-state index is -0.353. The first-order valence-corrected chi connectivity index (χ1v) is 7.38. The zero-order valence-electron chi connectivity index (χ0n) is 11.4. The van der Waals surface area contributed by atoms with E-state index >= 15 is 0 Å². The lowest BCUT2D eigenvalue weighted by atomic mass is 10.2. The van der Waals surface area contributed by atoms with Crippen molar-refractivity contribution in [2.75, 3.05) is 11.4 Å². The molecule has 5 heteroatoms. The number of rotatable bonds is 6. The summed E-state index contributed by atoms with van der Waals surface area (Å²) in [6.45, 7) is 1.10. The van der Waals surface area contributed by atoms with E-state index in [4.69, 9.17) is 5.73 Å². The molecule has 0 radical (unpaired) electrons. The van der Waals surface area contributed by atoms with Gasteiger partial charge < -0.3 is 10.6 Å². The van der Waals surface area contributed by atoms with Crippen LogP contribution < -0.4 is 10.6 Å². The minimum Gasteiger partial charge on any atom is -0.370 e. The van der Waals surface area contributed by atoms with Crippen molar-refractivity contribution in [3.05, 3.63) is 64.4 Å². The lowest BCUT2D eigenvalue weighted by Gasteiger charge is -2.25. The number of nitrogens with zero attached hydrogens (tertiary/aromatic N) is 1. The van der Waals surface area contributed by atoms with Gasteiger partial charge in [-0.05, 0) is 35.9 Å². The molecule has 0 atom stereocenters. The minimum absolute atomic E-state index is 0.252. The first-order valence-electron chi connectivity index (χ1n) is 6.58. The molecule has 0 saturated heterocycles. The first kappa shape index (κ1) is 15.5. The summed E-state index contributed by atoms with van der Waals surface area (Å²) in [6.07, 6.45) is 0.252. The monoisotopic (exact) mass is 350 g/mol. The molecule has 0 aliphatic rings. The lowest BCUT2D eigenvalue weighted by molar-refractivity contribution is -0.117. The maximum Gasteiger partial charge on any atom is 0.219 e. The van der Waals surface area contributed by atoms with Gasteiger partial charge in [-0.3, -0.25) is 4.79 Å². The van der Waals surface area contributed by atoms with E-state index < -0.39 is 0 Å². The van der Waals surface area contributed by atoms with Crippen molar-refractivity contribution in [3.63, 3.8) is 0 Å². The molecular weight excluding hydrogens is 335 g/mol. The second-order valence-corrected chi connectivity index (χ2v) is 5.56. The van der Waals surface area contributed by atoms with E-state index in [0.29, 0.717) is 13.1 Å². The third-order valence-corrected chi connectivity index (χ3v) is 3.91. The van der Waals surface area contributed by atoms with Crippen LogP contribution in [-0.2, 0) is 11.3 Å². The van der Waals surface area contributed by atoms with Crippen molar-refractivity contribution in [3.8, 4) is 0 Å². The lowest BCUT2D eigenvalue weighted by Crippen LogP contribution is -2.27. The zero-order chi connectivity index (χ0) is 15.2. The fraction of sp³-hybridized carbons (Fsp3) is 0.188. The molecule has 0 fully saturated rings. The largest absolute Gasteiger partial charge is 0.370 e. The van der Waals surface area contributed by atoms with Gasteiger partial charge in [0, 0.05) is 29.7 Å². The quantitative estimate of drug-likeness (QED) is 0.866. The number of halogens is 2. The molecule has 21 heavy (non-hydrogen) atoms. The van der Waals surface area contributed by atoms with Gasteiger partial charge in [0.15, 0.2) is 0 Å². The Morgan fingerprint density at radius 1 is 1.14 bits per heavy atom. The highest BCUT2D eigenvalue weighted by atomic mass is 79.9. The van der Waals surface area contributed by atoms with Crippen LogP contribution >= 0.6 is 15.9 Å². The molecule has 2 aromatic rings. The van der Waals surface area contributed by atoms with Gasteiger partial charge in [-0.2, -0.15) is 0 Å². The zero-order valence-corrected chi connectivity index (χ0v) is 13.0. The summed E-state index contributed by atoms with van der Waals surface area (Å²) in [4.78, 5) is 13.0. The second kappa shape index (κ2) is 7.22. The maximum absolute atomic E-state index is 13.1. The third kappa shape index (κ3) is 4.56.